The van der Waals surface area contributed by atoms with Gasteiger partial charge in [0.1, 0.15) is 6.33 Å². The number of aryl methyl sites for hydroxylation is 1. The number of para-hydroxylation sites is 1. The molecular formula is C27H24N4O4. The van der Waals surface area contributed by atoms with Gasteiger partial charge in [-0.3, -0.25) is 4.57 Å². The summed E-state index contributed by atoms with van der Waals surface area (Å²) in [5.41, 5.74) is 6.68. The van der Waals surface area contributed by atoms with Crippen LogP contribution in [0.3, 0.4) is 0 Å². The van der Waals surface area contributed by atoms with E-state index in [1.54, 1.807) is 18.5 Å². The molecule has 1 N–H and O–H groups in total. The lowest BCUT2D eigenvalue weighted by Gasteiger charge is -2.16. The molecule has 5 rings (SSSR count). The molecule has 5 aromatic rings. The summed E-state index contributed by atoms with van der Waals surface area (Å²) in [5, 5.41) is 2.62. The Bertz CT molecular complexity index is 1580. The van der Waals surface area contributed by atoms with Crippen molar-refractivity contribution in [3.8, 4) is 28.2 Å². The number of nitrogens with zero attached hydrogens (tertiary/aromatic N) is 3. The molecule has 0 amide bonds. The summed E-state index contributed by atoms with van der Waals surface area (Å²) < 4.78 is 11.7. The zero-order valence-corrected chi connectivity index (χ0v) is 19.4. The standard InChI is InChI=1S/C27H24N4O4/c1-3-4-8-17-15-18(31-16-28-23-12-7-11-22(24(23)31)26(32)34-2)13-14-19(17)20-9-5-6-10-21(20)25-29-27(33)35-30-25/h5-7,9-16H,3-4,8H2,1-2H3,(H,29,30,33). The average Bonchev–Trinajstić information content (AvgIpc) is 3.53. The first-order chi connectivity index (χ1) is 17.1. The minimum atomic E-state index is -0.662. The lowest BCUT2D eigenvalue weighted by molar-refractivity contribution is 0.0602. The Morgan fingerprint density at radius 3 is 2.63 bits per heavy atom. The Hall–Kier alpha value is -4.46. The van der Waals surface area contributed by atoms with Crippen LogP contribution >= 0.6 is 0 Å². The van der Waals surface area contributed by atoms with E-state index in [-0.39, 0.29) is 0 Å². The number of carbonyl (C=O) groups is 1. The normalized spacial score (nSPS) is 11.1. The maximum atomic E-state index is 12.4. The number of unbranched alkanes of at least 4 members (excludes halogenated alkanes) is 1. The van der Waals surface area contributed by atoms with Gasteiger partial charge in [0.2, 0.25) is 0 Å². The number of nitrogens with one attached hydrogen (secondary N) is 1. The van der Waals surface area contributed by atoms with Gasteiger partial charge in [-0.2, -0.15) is 10.1 Å². The summed E-state index contributed by atoms with van der Waals surface area (Å²) in [5.74, 6) is -0.681. The van der Waals surface area contributed by atoms with Gasteiger partial charge in [-0.1, -0.05) is 49.7 Å². The molecule has 0 aliphatic carbocycles. The highest BCUT2D eigenvalue weighted by molar-refractivity contribution is 6.02. The van der Waals surface area contributed by atoms with Crippen LogP contribution in [0.2, 0.25) is 0 Å². The van der Waals surface area contributed by atoms with E-state index >= 15 is 0 Å². The average molecular weight is 469 g/mol. The maximum absolute atomic E-state index is 12.4. The molecule has 0 bridgehead atoms. The smallest absolute Gasteiger partial charge is 0.460 e. The molecule has 3 aromatic carbocycles. The molecule has 0 saturated carbocycles. The van der Waals surface area contributed by atoms with Gasteiger partial charge in [0.25, 0.3) is 0 Å². The highest BCUT2D eigenvalue weighted by Crippen LogP contribution is 2.34. The Labute approximate surface area is 201 Å². The number of aromatic nitrogens is 4. The molecule has 0 radical (unpaired) electrons. The van der Waals surface area contributed by atoms with E-state index in [0.717, 1.165) is 47.2 Å². The summed E-state index contributed by atoms with van der Waals surface area (Å²) in [6.07, 6.45) is 4.64. The van der Waals surface area contributed by atoms with Gasteiger partial charge in [-0.25, -0.2) is 14.6 Å². The number of benzene rings is 3. The fourth-order valence-corrected chi connectivity index (χ4v) is 4.37. The van der Waals surface area contributed by atoms with E-state index < -0.39 is 11.7 Å². The number of hydrogen-bond acceptors (Lipinski definition) is 6. The topological polar surface area (TPSA) is 103 Å². The predicted molar refractivity (Wildman–Crippen MR) is 133 cm³/mol. The Kier molecular flexibility index (Phi) is 6.01. The van der Waals surface area contributed by atoms with Crippen molar-refractivity contribution in [2.45, 2.75) is 26.2 Å². The van der Waals surface area contributed by atoms with E-state index in [9.17, 15) is 9.59 Å². The van der Waals surface area contributed by atoms with Gasteiger partial charge in [0.05, 0.1) is 23.7 Å². The third-order valence-corrected chi connectivity index (χ3v) is 6.05. The van der Waals surface area contributed by atoms with Crippen molar-refractivity contribution in [2.24, 2.45) is 0 Å². The number of imidazole rings is 1. The van der Waals surface area contributed by atoms with Crippen LogP contribution in [-0.2, 0) is 11.2 Å². The van der Waals surface area contributed by atoms with Crippen LogP contribution in [0.25, 0.3) is 39.2 Å². The number of hydrogen-bond donors (Lipinski definition) is 1. The lowest BCUT2D eigenvalue weighted by atomic mass is 9.92. The van der Waals surface area contributed by atoms with Crippen LogP contribution in [0, 0.1) is 0 Å². The van der Waals surface area contributed by atoms with E-state index in [1.165, 1.54) is 7.11 Å². The largest absolute Gasteiger partial charge is 0.465 e. The summed E-state index contributed by atoms with van der Waals surface area (Å²) in [6.45, 7) is 2.16. The molecule has 0 fully saturated rings. The number of esters is 1. The van der Waals surface area contributed by atoms with Crippen molar-refractivity contribution in [3.05, 3.63) is 88.7 Å². The fraction of sp³-hybridized carbons (Fsp3) is 0.185. The van der Waals surface area contributed by atoms with Crippen molar-refractivity contribution in [1.82, 2.24) is 19.7 Å². The molecular weight excluding hydrogens is 444 g/mol. The Balaban J connectivity index is 1.68. The number of carbonyl (C=O) groups excluding carboxylic acids is 1. The first-order valence-corrected chi connectivity index (χ1v) is 11.4. The van der Waals surface area contributed by atoms with Gasteiger partial charge in [-0.05, 0) is 53.8 Å². The molecule has 0 spiro atoms. The Morgan fingerprint density at radius 1 is 1.06 bits per heavy atom. The molecule has 0 unspecified atom stereocenters. The van der Waals surface area contributed by atoms with Crippen molar-refractivity contribution in [3.63, 3.8) is 0 Å². The molecule has 176 valence electrons. The van der Waals surface area contributed by atoms with Crippen LogP contribution in [0.1, 0.15) is 35.7 Å². The highest BCUT2D eigenvalue weighted by Gasteiger charge is 2.18. The second-order valence-corrected chi connectivity index (χ2v) is 8.20. The van der Waals surface area contributed by atoms with Gasteiger partial charge in [-0.15, -0.1) is 0 Å². The molecule has 0 aliphatic rings. The molecule has 8 heteroatoms. The van der Waals surface area contributed by atoms with Gasteiger partial charge >= 0.3 is 11.7 Å². The van der Waals surface area contributed by atoms with Crippen LogP contribution < -0.4 is 5.76 Å². The maximum Gasteiger partial charge on any atom is 0.460 e. The minimum Gasteiger partial charge on any atom is -0.465 e. The minimum absolute atomic E-state index is 0.388. The molecule has 2 aromatic heterocycles. The number of methoxy groups -OCH3 is 1. The van der Waals surface area contributed by atoms with E-state index in [2.05, 4.69) is 34.2 Å². The summed E-state index contributed by atoms with van der Waals surface area (Å²) in [6, 6.07) is 19.4. The van der Waals surface area contributed by atoms with Crippen molar-refractivity contribution in [1.29, 1.82) is 0 Å². The summed E-state index contributed by atoms with van der Waals surface area (Å²) in [7, 11) is 1.37. The van der Waals surface area contributed by atoms with E-state index in [1.807, 2.05) is 41.0 Å². The first-order valence-electron chi connectivity index (χ1n) is 11.4. The van der Waals surface area contributed by atoms with Gasteiger partial charge in [0.15, 0.2) is 5.82 Å². The van der Waals surface area contributed by atoms with Crippen molar-refractivity contribution in [2.75, 3.05) is 7.11 Å². The van der Waals surface area contributed by atoms with Crippen molar-refractivity contribution >= 4 is 17.0 Å². The molecule has 8 nitrogen and oxygen atoms in total. The molecule has 2 heterocycles. The van der Waals surface area contributed by atoms with Crippen LogP contribution in [0.15, 0.2) is 76.3 Å². The van der Waals surface area contributed by atoms with Crippen molar-refractivity contribution < 1.29 is 14.1 Å². The highest BCUT2D eigenvalue weighted by atomic mass is 16.5. The second-order valence-electron chi connectivity index (χ2n) is 8.20. The zero-order chi connectivity index (χ0) is 24.4. The monoisotopic (exact) mass is 468 g/mol. The number of aromatic amines is 1. The number of fused-ring (bicyclic) bond motifs is 1. The van der Waals surface area contributed by atoms with Gasteiger partial charge < -0.3 is 9.26 Å². The lowest BCUT2D eigenvalue weighted by Crippen LogP contribution is -2.05. The third-order valence-electron chi connectivity index (χ3n) is 6.05. The third kappa shape index (κ3) is 4.14. The van der Waals surface area contributed by atoms with E-state index in [4.69, 9.17) is 9.26 Å². The first kappa shape index (κ1) is 22.3. The molecule has 35 heavy (non-hydrogen) atoms. The van der Waals surface area contributed by atoms with Crippen LogP contribution in [0.4, 0.5) is 0 Å². The number of ether oxygens (including phenoxy) is 1. The number of rotatable bonds is 7. The number of H-pyrrole nitrogens is 1. The Morgan fingerprint density at radius 2 is 1.89 bits per heavy atom. The van der Waals surface area contributed by atoms with Crippen LogP contribution in [0.5, 0.6) is 0 Å². The predicted octanol–water partition coefficient (Wildman–Crippen LogP) is 5.17. The summed E-state index contributed by atoms with van der Waals surface area (Å²) >= 11 is 0. The quantitative estimate of drug-likeness (QED) is 0.331. The zero-order valence-electron chi connectivity index (χ0n) is 19.4. The second kappa shape index (κ2) is 9.42. The van der Waals surface area contributed by atoms with Gasteiger partial charge in [0, 0.05) is 11.3 Å². The van der Waals surface area contributed by atoms with E-state index in [0.29, 0.717) is 22.4 Å². The SMILES string of the molecule is CCCCc1cc(-n2cnc3cccc(C(=O)OC)c32)ccc1-c1ccccc1-c1nc(=O)o[nH]1. The summed E-state index contributed by atoms with van der Waals surface area (Å²) in [4.78, 5) is 32.4. The molecule has 0 atom stereocenters. The molecule has 0 saturated heterocycles. The molecule has 0 aliphatic heterocycles. The fourth-order valence-electron chi connectivity index (χ4n) is 4.37. The van der Waals surface area contributed by atoms with Crippen LogP contribution in [-0.4, -0.2) is 32.8 Å².